The molecule has 1 fully saturated rings. The largest absolute Gasteiger partial charge is 0.481 e. The summed E-state index contributed by atoms with van der Waals surface area (Å²) in [4.78, 5) is 11.6. The minimum Gasteiger partial charge on any atom is -0.481 e. The first kappa shape index (κ1) is 17.0. The van der Waals surface area contributed by atoms with Gasteiger partial charge in [-0.05, 0) is 41.8 Å². The fraction of sp³-hybridized carbons (Fsp3) is 0.278. The van der Waals surface area contributed by atoms with Gasteiger partial charge in [0.05, 0.1) is 16.1 Å². The minimum atomic E-state index is -3.73. The Morgan fingerprint density at radius 1 is 1.08 bits per heavy atom. The van der Waals surface area contributed by atoms with Crippen LogP contribution in [0.5, 0.6) is 0 Å². The number of rotatable bonds is 5. The Labute approximate surface area is 146 Å². The molecule has 1 N–H and O–H groups in total. The van der Waals surface area contributed by atoms with Gasteiger partial charge in [-0.1, -0.05) is 42.8 Å². The molecule has 3 atom stereocenters. The van der Waals surface area contributed by atoms with Crippen molar-refractivity contribution in [3.8, 4) is 0 Å². The van der Waals surface area contributed by atoms with Crippen LogP contribution in [0.4, 0.5) is 0 Å². The summed E-state index contributed by atoms with van der Waals surface area (Å²) >= 11 is 5.80. The van der Waals surface area contributed by atoms with Crippen molar-refractivity contribution in [2.45, 2.75) is 29.4 Å². The molecular formula is C18H17ClO4S. The Bertz CT molecular complexity index is 857. The molecule has 1 saturated carbocycles. The third-order valence-corrected chi connectivity index (χ3v) is 7.00. The molecule has 3 rings (SSSR count). The van der Waals surface area contributed by atoms with Gasteiger partial charge in [0.2, 0.25) is 0 Å². The Morgan fingerprint density at radius 3 is 2.17 bits per heavy atom. The van der Waals surface area contributed by atoms with Crippen LogP contribution in [0.15, 0.2) is 53.4 Å². The molecule has 6 heteroatoms. The summed E-state index contributed by atoms with van der Waals surface area (Å²) in [7, 11) is -3.73. The highest BCUT2D eigenvalue weighted by Crippen LogP contribution is 2.54. The quantitative estimate of drug-likeness (QED) is 0.880. The Morgan fingerprint density at radius 2 is 1.67 bits per heavy atom. The van der Waals surface area contributed by atoms with Crippen molar-refractivity contribution in [3.05, 3.63) is 64.7 Å². The van der Waals surface area contributed by atoms with E-state index in [-0.39, 0.29) is 4.90 Å². The summed E-state index contributed by atoms with van der Waals surface area (Å²) in [6, 6.07) is 13.3. The van der Waals surface area contributed by atoms with Gasteiger partial charge in [-0.25, -0.2) is 8.42 Å². The number of hydrogen-bond acceptors (Lipinski definition) is 3. The summed E-state index contributed by atoms with van der Waals surface area (Å²) in [5, 5.41) is 8.92. The molecule has 0 saturated heterocycles. The molecule has 126 valence electrons. The van der Waals surface area contributed by atoms with Gasteiger partial charge in [0, 0.05) is 10.9 Å². The topological polar surface area (TPSA) is 71.4 Å². The van der Waals surface area contributed by atoms with Crippen molar-refractivity contribution < 1.29 is 18.3 Å². The van der Waals surface area contributed by atoms with E-state index in [4.69, 9.17) is 11.6 Å². The minimum absolute atomic E-state index is 0.107. The highest BCUT2D eigenvalue weighted by Gasteiger charge is 2.63. The summed E-state index contributed by atoms with van der Waals surface area (Å²) in [6.07, 6.45) is 0.875. The van der Waals surface area contributed by atoms with Crippen LogP contribution in [-0.2, 0) is 21.1 Å². The number of sulfone groups is 1. The second-order valence-electron chi connectivity index (χ2n) is 5.95. The zero-order chi connectivity index (χ0) is 17.5. The number of carboxylic acids is 1. The number of hydrogen-bond donors (Lipinski definition) is 1. The number of benzene rings is 2. The molecule has 0 amide bonds. The van der Waals surface area contributed by atoms with Crippen LogP contribution in [0, 0.1) is 5.92 Å². The van der Waals surface area contributed by atoms with Gasteiger partial charge in [-0.3, -0.25) is 4.79 Å². The lowest BCUT2D eigenvalue weighted by Crippen LogP contribution is -2.13. The number of carbonyl (C=O) groups is 1. The fourth-order valence-corrected chi connectivity index (χ4v) is 5.37. The van der Waals surface area contributed by atoms with Crippen molar-refractivity contribution >= 4 is 27.4 Å². The van der Waals surface area contributed by atoms with Crippen LogP contribution in [0.2, 0.25) is 5.02 Å². The second-order valence-corrected chi connectivity index (χ2v) is 8.49. The summed E-state index contributed by atoms with van der Waals surface area (Å²) < 4.78 is 25.6. The standard InChI is InChI=1S/C18H17ClO4S/c1-2-11-3-5-12(6-4-11)15-16(18(20)21)17(15)24(22,23)14-9-7-13(19)8-10-14/h3-10,15-17H,2H2,1H3,(H,20,21). The van der Waals surface area contributed by atoms with Crippen molar-refractivity contribution in [1.29, 1.82) is 0 Å². The number of aryl methyl sites for hydroxylation is 1. The molecule has 0 aliphatic heterocycles. The number of carboxylic acid groups (broad SMARTS) is 1. The molecule has 0 heterocycles. The zero-order valence-electron chi connectivity index (χ0n) is 13.0. The second kappa shape index (κ2) is 6.22. The van der Waals surface area contributed by atoms with Crippen LogP contribution in [0.1, 0.15) is 24.0 Å². The van der Waals surface area contributed by atoms with Crippen LogP contribution in [0.3, 0.4) is 0 Å². The molecule has 24 heavy (non-hydrogen) atoms. The monoisotopic (exact) mass is 364 g/mol. The van der Waals surface area contributed by atoms with Gasteiger partial charge < -0.3 is 5.11 Å². The van der Waals surface area contributed by atoms with Crippen LogP contribution in [-0.4, -0.2) is 24.7 Å². The lowest BCUT2D eigenvalue weighted by atomic mass is 10.1. The van der Waals surface area contributed by atoms with E-state index in [1.165, 1.54) is 24.3 Å². The van der Waals surface area contributed by atoms with Crippen molar-refractivity contribution in [2.24, 2.45) is 5.92 Å². The van der Waals surface area contributed by atoms with Gasteiger partial charge in [-0.15, -0.1) is 0 Å². The molecular weight excluding hydrogens is 348 g/mol. The van der Waals surface area contributed by atoms with Gasteiger partial charge >= 0.3 is 5.97 Å². The average molecular weight is 365 g/mol. The molecule has 0 bridgehead atoms. The first-order valence-electron chi connectivity index (χ1n) is 7.67. The van der Waals surface area contributed by atoms with E-state index in [1.54, 1.807) is 0 Å². The summed E-state index contributed by atoms with van der Waals surface area (Å²) in [6.45, 7) is 2.03. The third-order valence-electron chi connectivity index (χ3n) is 4.51. The van der Waals surface area contributed by atoms with E-state index in [2.05, 4.69) is 0 Å². The maximum Gasteiger partial charge on any atom is 0.308 e. The summed E-state index contributed by atoms with van der Waals surface area (Å²) in [5.74, 6) is -2.52. The number of aliphatic carboxylic acids is 1. The van der Waals surface area contributed by atoms with Crippen LogP contribution < -0.4 is 0 Å². The predicted octanol–water partition coefficient (Wildman–Crippen LogP) is 3.54. The number of halogens is 1. The molecule has 2 aromatic carbocycles. The fourth-order valence-electron chi connectivity index (χ4n) is 3.12. The highest BCUT2D eigenvalue weighted by atomic mass is 35.5. The first-order valence-corrected chi connectivity index (χ1v) is 9.59. The SMILES string of the molecule is CCc1ccc(C2C(C(=O)O)C2S(=O)(=O)c2ccc(Cl)cc2)cc1. The normalized spacial score (nSPS) is 23.0. The van der Waals surface area contributed by atoms with Gasteiger partial charge in [0.1, 0.15) is 0 Å². The maximum absolute atomic E-state index is 12.8. The van der Waals surface area contributed by atoms with Gasteiger partial charge in [-0.2, -0.15) is 0 Å². The highest BCUT2D eigenvalue weighted by molar-refractivity contribution is 7.92. The molecule has 3 unspecified atom stereocenters. The van der Waals surface area contributed by atoms with E-state index in [0.717, 1.165) is 17.5 Å². The smallest absolute Gasteiger partial charge is 0.308 e. The van der Waals surface area contributed by atoms with E-state index in [9.17, 15) is 18.3 Å². The molecule has 1 aliphatic rings. The van der Waals surface area contributed by atoms with Crippen LogP contribution in [0.25, 0.3) is 0 Å². The van der Waals surface area contributed by atoms with Crippen molar-refractivity contribution in [3.63, 3.8) is 0 Å². The molecule has 2 aromatic rings. The maximum atomic E-state index is 12.8. The van der Waals surface area contributed by atoms with E-state index >= 15 is 0 Å². The Hall–Kier alpha value is -1.85. The van der Waals surface area contributed by atoms with Crippen LogP contribution >= 0.6 is 11.6 Å². The Kier molecular flexibility index (Phi) is 4.40. The lowest BCUT2D eigenvalue weighted by Gasteiger charge is -2.05. The molecule has 0 aromatic heterocycles. The first-order chi connectivity index (χ1) is 11.4. The van der Waals surface area contributed by atoms with Crippen molar-refractivity contribution in [1.82, 2.24) is 0 Å². The predicted molar refractivity (Wildman–Crippen MR) is 92.1 cm³/mol. The Balaban J connectivity index is 1.96. The summed E-state index contributed by atoms with van der Waals surface area (Å²) in [5.41, 5.74) is 1.88. The lowest BCUT2D eigenvalue weighted by molar-refractivity contribution is -0.138. The third kappa shape index (κ3) is 2.94. The molecule has 1 aliphatic carbocycles. The van der Waals surface area contributed by atoms with E-state index < -0.39 is 32.9 Å². The molecule has 0 spiro atoms. The zero-order valence-corrected chi connectivity index (χ0v) is 14.6. The van der Waals surface area contributed by atoms with Crippen molar-refractivity contribution in [2.75, 3.05) is 0 Å². The molecule has 4 nitrogen and oxygen atoms in total. The van der Waals surface area contributed by atoms with Gasteiger partial charge in [0.15, 0.2) is 9.84 Å². The molecule has 0 radical (unpaired) electrons. The average Bonchev–Trinajstić information content (AvgIpc) is 3.32. The van der Waals surface area contributed by atoms with Gasteiger partial charge in [0.25, 0.3) is 0 Å². The van der Waals surface area contributed by atoms with E-state index in [1.807, 2.05) is 31.2 Å². The van der Waals surface area contributed by atoms with E-state index in [0.29, 0.717) is 5.02 Å².